The van der Waals surface area contributed by atoms with Crippen LogP contribution in [0.4, 0.5) is 5.00 Å². The average Bonchev–Trinajstić information content (AvgIpc) is 3.19. The van der Waals surface area contributed by atoms with Crippen LogP contribution in [0.25, 0.3) is 0 Å². The molecule has 0 radical (unpaired) electrons. The van der Waals surface area contributed by atoms with E-state index in [2.05, 4.69) is 26.8 Å². The molecule has 0 aliphatic heterocycles. The molecule has 0 unspecified atom stereocenters. The number of fused-ring (bicyclic) bond motifs is 1. The molecule has 3 aromatic rings. The van der Waals surface area contributed by atoms with Crippen molar-refractivity contribution in [2.45, 2.75) is 53.6 Å². The number of thiophene rings is 1. The van der Waals surface area contributed by atoms with Gasteiger partial charge in [0.25, 0.3) is 0 Å². The topological polar surface area (TPSA) is 54.6 Å². The van der Waals surface area contributed by atoms with Crippen LogP contribution in [0.15, 0.2) is 47.5 Å². The van der Waals surface area contributed by atoms with Crippen molar-refractivity contribution >= 4 is 34.2 Å². The smallest absolute Gasteiger partial charge is 0.161 e. The Morgan fingerprint density at radius 1 is 1.17 bits per heavy atom. The van der Waals surface area contributed by atoms with Crippen molar-refractivity contribution in [3.63, 3.8) is 0 Å². The number of hydrogen-bond donors (Lipinski definition) is 0. The zero-order valence-corrected chi connectivity index (χ0v) is 22.3. The third-order valence-electron chi connectivity index (χ3n) is 6.52. The van der Waals surface area contributed by atoms with Gasteiger partial charge in [-0.05, 0) is 72.9 Å². The lowest BCUT2D eigenvalue weighted by molar-refractivity contribution is 0.218. The molecule has 0 saturated heterocycles. The fourth-order valence-electron chi connectivity index (χ4n) is 4.41. The van der Waals surface area contributed by atoms with Gasteiger partial charge in [-0.1, -0.05) is 50.6 Å². The summed E-state index contributed by atoms with van der Waals surface area (Å²) in [5, 5.41) is 11.3. The number of halogens is 1. The van der Waals surface area contributed by atoms with Crippen LogP contribution >= 0.6 is 22.9 Å². The van der Waals surface area contributed by atoms with Crippen LogP contribution in [-0.2, 0) is 19.4 Å². The van der Waals surface area contributed by atoms with E-state index in [0.717, 1.165) is 41.0 Å². The Labute approximate surface area is 217 Å². The molecule has 4 nitrogen and oxygen atoms in total. The Bertz CT molecular complexity index is 1270. The van der Waals surface area contributed by atoms with Crippen molar-refractivity contribution in [3.05, 3.63) is 74.6 Å². The lowest BCUT2D eigenvalue weighted by atomic mass is 9.72. The van der Waals surface area contributed by atoms with E-state index in [1.54, 1.807) is 17.6 Å². The molecule has 1 aromatic heterocycles. The van der Waals surface area contributed by atoms with E-state index < -0.39 is 0 Å². The summed E-state index contributed by atoms with van der Waals surface area (Å²) >= 11 is 7.92. The van der Waals surface area contributed by atoms with Gasteiger partial charge in [0.15, 0.2) is 11.5 Å². The summed E-state index contributed by atoms with van der Waals surface area (Å²) in [7, 11) is 0. The molecule has 1 atom stereocenters. The van der Waals surface area contributed by atoms with Gasteiger partial charge in [0.05, 0.1) is 12.2 Å². The van der Waals surface area contributed by atoms with Crippen molar-refractivity contribution in [1.29, 1.82) is 5.26 Å². The second-order valence-electron chi connectivity index (χ2n) is 9.88. The molecule has 0 spiro atoms. The monoisotopic (exact) mass is 506 g/mol. The van der Waals surface area contributed by atoms with E-state index in [4.69, 9.17) is 26.1 Å². The third kappa shape index (κ3) is 5.89. The lowest BCUT2D eigenvalue weighted by Crippen LogP contribution is -2.26. The Hall–Kier alpha value is -2.81. The SMILES string of the molecule is CCOc1cc(C=Nc2sc3c(c2C#N)CC[C@H](C(C)(C)C)C3)ccc1OCc1ccccc1Cl. The van der Waals surface area contributed by atoms with Gasteiger partial charge in [-0.2, -0.15) is 5.26 Å². The minimum Gasteiger partial charge on any atom is -0.490 e. The minimum absolute atomic E-state index is 0.267. The molecule has 0 bridgehead atoms. The molecule has 0 fully saturated rings. The van der Waals surface area contributed by atoms with Gasteiger partial charge in [0.1, 0.15) is 17.7 Å². The fraction of sp³-hybridized carbons (Fsp3) is 0.379. The molecule has 1 aliphatic rings. The first-order valence-corrected chi connectivity index (χ1v) is 13.2. The van der Waals surface area contributed by atoms with Gasteiger partial charge in [0, 0.05) is 21.7 Å². The summed E-state index contributed by atoms with van der Waals surface area (Å²) in [6, 6.07) is 15.8. The highest BCUT2D eigenvalue weighted by molar-refractivity contribution is 7.16. The first-order chi connectivity index (χ1) is 16.8. The number of nitriles is 1. The molecular weight excluding hydrogens is 476 g/mol. The van der Waals surface area contributed by atoms with Gasteiger partial charge < -0.3 is 9.47 Å². The van der Waals surface area contributed by atoms with Crippen LogP contribution in [0.2, 0.25) is 5.02 Å². The maximum absolute atomic E-state index is 9.85. The Balaban J connectivity index is 1.54. The number of ether oxygens (including phenoxy) is 2. The summed E-state index contributed by atoms with van der Waals surface area (Å²) in [5.41, 5.74) is 4.01. The number of nitrogens with zero attached hydrogens (tertiary/aromatic N) is 2. The van der Waals surface area contributed by atoms with Gasteiger partial charge >= 0.3 is 0 Å². The van der Waals surface area contributed by atoms with Gasteiger partial charge in [0.2, 0.25) is 0 Å². The first kappa shape index (κ1) is 25.3. The van der Waals surface area contributed by atoms with E-state index in [1.807, 2.05) is 49.4 Å². The molecular formula is C29H31ClN2O2S. The van der Waals surface area contributed by atoms with Gasteiger partial charge in [-0.25, -0.2) is 4.99 Å². The molecule has 2 aromatic carbocycles. The summed E-state index contributed by atoms with van der Waals surface area (Å²) < 4.78 is 11.8. The summed E-state index contributed by atoms with van der Waals surface area (Å²) in [6.45, 7) is 9.73. The van der Waals surface area contributed by atoms with E-state index in [0.29, 0.717) is 35.7 Å². The predicted molar refractivity (Wildman–Crippen MR) is 145 cm³/mol. The fourth-order valence-corrected chi connectivity index (χ4v) is 5.83. The molecule has 6 heteroatoms. The maximum Gasteiger partial charge on any atom is 0.161 e. The van der Waals surface area contributed by atoms with Crippen molar-refractivity contribution in [3.8, 4) is 17.6 Å². The molecule has 1 aliphatic carbocycles. The van der Waals surface area contributed by atoms with Gasteiger partial charge in [-0.15, -0.1) is 11.3 Å². The van der Waals surface area contributed by atoms with Crippen molar-refractivity contribution in [1.82, 2.24) is 0 Å². The number of benzene rings is 2. The molecule has 0 amide bonds. The highest BCUT2D eigenvalue weighted by Gasteiger charge is 2.32. The van der Waals surface area contributed by atoms with Crippen LogP contribution in [0.5, 0.6) is 11.5 Å². The predicted octanol–water partition coefficient (Wildman–Crippen LogP) is 8.15. The van der Waals surface area contributed by atoms with Crippen LogP contribution < -0.4 is 9.47 Å². The van der Waals surface area contributed by atoms with Crippen molar-refractivity contribution in [2.75, 3.05) is 6.61 Å². The Morgan fingerprint density at radius 2 is 1.97 bits per heavy atom. The zero-order valence-electron chi connectivity index (χ0n) is 20.7. The zero-order chi connectivity index (χ0) is 25.0. The molecule has 35 heavy (non-hydrogen) atoms. The van der Waals surface area contributed by atoms with Crippen LogP contribution in [0.3, 0.4) is 0 Å². The van der Waals surface area contributed by atoms with Crippen molar-refractivity contribution < 1.29 is 9.47 Å². The standard InChI is InChI=1S/C29H31ClN2O2S/c1-5-33-26-14-19(10-13-25(26)34-18-20-8-6-7-9-24(20)30)17-32-28-23(16-31)22-12-11-21(29(2,3)4)15-27(22)35-28/h6-10,13-14,17,21H,5,11-12,15,18H2,1-4H3/t21-/m0/s1. The van der Waals surface area contributed by atoms with E-state index in [1.165, 1.54) is 10.4 Å². The molecule has 0 saturated carbocycles. The molecule has 4 rings (SSSR count). The Morgan fingerprint density at radius 3 is 2.69 bits per heavy atom. The van der Waals surface area contributed by atoms with E-state index >= 15 is 0 Å². The summed E-state index contributed by atoms with van der Waals surface area (Å²) in [6.07, 6.45) is 4.91. The molecule has 182 valence electrons. The van der Waals surface area contributed by atoms with Crippen LogP contribution in [0.1, 0.15) is 61.2 Å². The van der Waals surface area contributed by atoms with E-state index in [-0.39, 0.29) is 5.41 Å². The molecule has 0 N–H and O–H groups in total. The van der Waals surface area contributed by atoms with Crippen molar-refractivity contribution in [2.24, 2.45) is 16.3 Å². The summed E-state index contributed by atoms with van der Waals surface area (Å²) in [4.78, 5) is 6.05. The van der Waals surface area contributed by atoms with Crippen LogP contribution in [0, 0.1) is 22.7 Å². The number of hydrogen-bond acceptors (Lipinski definition) is 5. The second kappa shape index (κ2) is 10.8. The molecule has 1 heterocycles. The maximum atomic E-state index is 9.85. The van der Waals surface area contributed by atoms with E-state index in [9.17, 15) is 5.26 Å². The first-order valence-electron chi connectivity index (χ1n) is 12.0. The van der Waals surface area contributed by atoms with Crippen LogP contribution in [-0.4, -0.2) is 12.8 Å². The quantitative estimate of drug-likeness (QED) is 0.304. The number of rotatable bonds is 7. The highest BCUT2D eigenvalue weighted by Crippen LogP contribution is 2.45. The van der Waals surface area contributed by atoms with Gasteiger partial charge in [-0.3, -0.25) is 0 Å². The number of aliphatic imine (C=N–C) groups is 1. The average molecular weight is 507 g/mol. The third-order valence-corrected chi connectivity index (χ3v) is 8.05. The minimum atomic E-state index is 0.267. The lowest BCUT2D eigenvalue weighted by Gasteiger charge is -2.33. The second-order valence-corrected chi connectivity index (χ2v) is 11.4. The summed E-state index contributed by atoms with van der Waals surface area (Å²) in [5.74, 6) is 1.94. The Kier molecular flexibility index (Phi) is 7.84. The normalized spacial score (nSPS) is 15.6. The largest absolute Gasteiger partial charge is 0.490 e. The highest BCUT2D eigenvalue weighted by atomic mass is 35.5.